The van der Waals surface area contributed by atoms with Crippen molar-refractivity contribution >= 4 is 5.91 Å². The molecule has 0 atom stereocenters. The number of rotatable bonds is 5. The van der Waals surface area contributed by atoms with Gasteiger partial charge in [0, 0.05) is 0 Å². The maximum atomic E-state index is 10.9. The molecular weight excluding hydrogens is 152 g/mol. The Balaban J connectivity index is 3.69. The summed E-state index contributed by atoms with van der Waals surface area (Å²) in [6.45, 7) is 8.75. The number of amides is 1. The normalized spacial score (nSPS) is 12.1. The van der Waals surface area contributed by atoms with Crippen LogP contribution in [0, 0.1) is 5.92 Å². The Bertz CT molecular complexity index is 153. The lowest BCUT2D eigenvalue weighted by Crippen LogP contribution is -2.50. The molecule has 0 aliphatic rings. The molecule has 0 unspecified atom stereocenters. The van der Waals surface area contributed by atoms with E-state index in [1.54, 1.807) is 13.8 Å². The molecule has 0 bridgehead atoms. The fraction of sp³-hybridized carbons (Fsp3) is 0.889. The van der Waals surface area contributed by atoms with Gasteiger partial charge in [0.2, 0.25) is 5.91 Å². The fourth-order valence-corrected chi connectivity index (χ4v) is 0.760. The average molecular weight is 172 g/mol. The van der Waals surface area contributed by atoms with Crippen molar-refractivity contribution in [2.24, 2.45) is 11.7 Å². The van der Waals surface area contributed by atoms with E-state index >= 15 is 0 Å². The van der Waals surface area contributed by atoms with Crippen LogP contribution in [-0.4, -0.2) is 18.0 Å². The molecule has 0 aromatic rings. The summed E-state index contributed by atoms with van der Waals surface area (Å²) in [6, 6.07) is 0. The first-order chi connectivity index (χ1) is 5.36. The van der Waals surface area contributed by atoms with Crippen LogP contribution >= 0.6 is 0 Å². The molecular formula is C9H20N2O. The van der Waals surface area contributed by atoms with Crippen molar-refractivity contribution in [2.45, 2.75) is 39.7 Å². The molecule has 3 nitrogen and oxygen atoms in total. The van der Waals surface area contributed by atoms with Gasteiger partial charge in [0.15, 0.2) is 0 Å². The molecule has 0 aromatic carbocycles. The van der Waals surface area contributed by atoms with Crippen LogP contribution in [0.15, 0.2) is 0 Å². The lowest BCUT2D eigenvalue weighted by molar-refractivity contribution is -0.123. The van der Waals surface area contributed by atoms with Crippen molar-refractivity contribution in [3.8, 4) is 0 Å². The van der Waals surface area contributed by atoms with E-state index in [0.29, 0.717) is 5.92 Å². The molecule has 12 heavy (non-hydrogen) atoms. The van der Waals surface area contributed by atoms with E-state index in [0.717, 1.165) is 13.0 Å². The second kappa shape index (κ2) is 4.45. The Labute approximate surface area is 74.7 Å². The third kappa shape index (κ3) is 4.34. The number of hydrogen-bond donors (Lipinski definition) is 2. The topological polar surface area (TPSA) is 55.1 Å². The first kappa shape index (κ1) is 11.4. The van der Waals surface area contributed by atoms with Crippen LogP contribution in [-0.2, 0) is 4.79 Å². The van der Waals surface area contributed by atoms with Crippen LogP contribution in [0.4, 0.5) is 0 Å². The molecule has 0 spiro atoms. The molecule has 0 saturated carbocycles. The van der Waals surface area contributed by atoms with Gasteiger partial charge in [-0.2, -0.15) is 0 Å². The van der Waals surface area contributed by atoms with Gasteiger partial charge in [-0.15, -0.1) is 0 Å². The maximum absolute atomic E-state index is 10.9. The van der Waals surface area contributed by atoms with Crippen LogP contribution in [0.2, 0.25) is 0 Å². The van der Waals surface area contributed by atoms with Gasteiger partial charge in [0.25, 0.3) is 0 Å². The summed E-state index contributed by atoms with van der Waals surface area (Å²) in [5.41, 5.74) is 4.61. The van der Waals surface area contributed by atoms with E-state index in [4.69, 9.17) is 5.73 Å². The van der Waals surface area contributed by atoms with Gasteiger partial charge < -0.3 is 11.1 Å². The highest BCUT2D eigenvalue weighted by atomic mass is 16.1. The third-order valence-electron chi connectivity index (χ3n) is 1.90. The van der Waals surface area contributed by atoms with Crippen LogP contribution in [0.25, 0.3) is 0 Å². The van der Waals surface area contributed by atoms with Crippen molar-refractivity contribution in [3.05, 3.63) is 0 Å². The second-order valence-corrected chi connectivity index (χ2v) is 4.10. The molecule has 0 heterocycles. The lowest BCUT2D eigenvalue weighted by atomic mass is 10.0. The lowest BCUT2D eigenvalue weighted by Gasteiger charge is -2.22. The Morgan fingerprint density at radius 2 is 2.00 bits per heavy atom. The predicted octanol–water partition coefficient (Wildman–Crippen LogP) is 0.886. The Morgan fingerprint density at radius 1 is 1.50 bits per heavy atom. The summed E-state index contributed by atoms with van der Waals surface area (Å²) in [5, 5.41) is 3.12. The molecule has 3 N–H and O–H groups in total. The summed E-state index contributed by atoms with van der Waals surface area (Å²) in [5.74, 6) is 0.354. The minimum Gasteiger partial charge on any atom is -0.368 e. The van der Waals surface area contributed by atoms with E-state index in [2.05, 4.69) is 19.2 Å². The first-order valence-corrected chi connectivity index (χ1v) is 4.41. The number of nitrogens with two attached hydrogens (primary N) is 1. The molecule has 1 amide bonds. The number of nitrogens with one attached hydrogen (secondary N) is 1. The fourth-order valence-electron chi connectivity index (χ4n) is 0.760. The Kier molecular flexibility index (Phi) is 4.24. The SMILES string of the molecule is CC(C)CCNC(C)(C)C(N)=O. The zero-order chi connectivity index (χ0) is 9.78. The van der Waals surface area contributed by atoms with E-state index in [1.165, 1.54) is 0 Å². The van der Waals surface area contributed by atoms with E-state index in [1.807, 2.05) is 0 Å². The van der Waals surface area contributed by atoms with Crippen LogP contribution in [0.1, 0.15) is 34.1 Å². The largest absolute Gasteiger partial charge is 0.368 e. The van der Waals surface area contributed by atoms with Crippen molar-refractivity contribution in [2.75, 3.05) is 6.54 Å². The third-order valence-corrected chi connectivity index (χ3v) is 1.90. The van der Waals surface area contributed by atoms with Crippen LogP contribution in [0.3, 0.4) is 0 Å². The molecule has 0 aliphatic carbocycles. The van der Waals surface area contributed by atoms with Gasteiger partial charge in [0.1, 0.15) is 0 Å². The summed E-state index contributed by atoms with van der Waals surface area (Å²) in [4.78, 5) is 10.9. The molecule has 3 heteroatoms. The smallest absolute Gasteiger partial charge is 0.237 e. The minimum absolute atomic E-state index is 0.300. The maximum Gasteiger partial charge on any atom is 0.237 e. The van der Waals surface area contributed by atoms with Gasteiger partial charge in [-0.1, -0.05) is 13.8 Å². The first-order valence-electron chi connectivity index (χ1n) is 4.41. The van der Waals surface area contributed by atoms with Crippen LogP contribution < -0.4 is 11.1 Å². The van der Waals surface area contributed by atoms with E-state index in [9.17, 15) is 4.79 Å². The monoisotopic (exact) mass is 172 g/mol. The van der Waals surface area contributed by atoms with Crippen molar-refractivity contribution in [1.29, 1.82) is 0 Å². The van der Waals surface area contributed by atoms with Gasteiger partial charge in [-0.25, -0.2) is 0 Å². The second-order valence-electron chi connectivity index (χ2n) is 4.10. The summed E-state index contributed by atoms with van der Waals surface area (Å²) in [6.07, 6.45) is 1.07. The van der Waals surface area contributed by atoms with Crippen molar-refractivity contribution in [3.63, 3.8) is 0 Å². The highest BCUT2D eigenvalue weighted by Crippen LogP contribution is 2.02. The molecule has 72 valence electrons. The van der Waals surface area contributed by atoms with E-state index < -0.39 is 5.54 Å². The van der Waals surface area contributed by atoms with Gasteiger partial charge >= 0.3 is 0 Å². The zero-order valence-corrected chi connectivity index (χ0v) is 8.48. The van der Waals surface area contributed by atoms with Gasteiger partial charge in [-0.05, 0) is 32.7 Å². The minimum atomic E-state index is -0.575. The van der Waals surface area contributed by atoms with Crippen LogP contribution in [0.5, 0.6) is 0 Å². The molecule has 0 saturated heterocycles. The number of primary amides is 1. The molecule has 0 radical (unpaired) electrons. The Morgan fingerprint density at radius 3 is 2.33 bits per heavy atom. The highest BCUT2D eigenvalue weighted by molar-refractivity contribution is 5.83. The number of hydrogen-bond acceptors (Lipinski definition) is 2. The summed E-state index contributed by atoms with van der Waals surface area (Å²) >= 11 is 0. The Hall–Kier alpha value is -0.570. The zero-order valence-electron chi connectivity index (χ0n) is 8.48. The predicted molar refractivity (Wildman–Crippen MR) is 50.7 cm³/mol. The van der Waals surface area contributed by atoms with Crippen molar-refractivity contribution in [1.82, 2.24) is 5.32 Å². The average Bonchev–Trinajstić information content (AvgIpc) is 1.85. The standard InChI is InChI=1S/C9H20N2O/c1-7(2)5-6-11-9(3,4)8(10)12/h7,11H,5-6H2,1-4H3,(H2,10,12). The highest BCUT2D eigenvalue weighted by Gasteiger charge is 2.23. The van der Waals surface area contributed by atoms with Crippen molar-refractivity contribution < 1.29 is 4.79 Å². The molecule has 0 aromatic heterocycles. The number of carbonyl (C=O) groups is 1. The van der Waals surface area contributed by atoms with Gasteiger partial charge in [0.05, 0.1) is 5.54 Å². The molecule has 0 rings (SSSR count). The molecule has 0 fully saturated rings. The van der Waals surface area contributed by atoms with E-state index in [-0.39, 0.29) is 5.91 Å². The summed E-state index contributed by atoms with van der Waals surface area (Å²) < 4.78 is 0. The van der Waals surface area contributed by atoms with Gasteiger partial charge in [-0.3, -0.25) is 4.79 Å². The summed E-state index contributed by atoms with van der Waals surface area (Å²) in [7, 11) is 0. The quantitative estimate of drug-likeness (QED) is 0.647. The number of carbonyl (C=O) groups excluding carboxylic acids is 1. The molecule has 0 aliphatic heterocycles.